The number of carbonyl (C=O) groups is 1. The van der Waals surface area contributed by atoms with Gasteiger partial charge in [-0.3, -0.25) is 19.1 Å². The van der Waals surface area contributed by atoms with Gasteiger partial charge < -0.3 is 19.7 Å². The third-order valence-electron chi connectivity index (χ3n) is 5.13. The fourth-order valence-electron chi connectivity index (χ4n) is 3.50. The molecule has 1 aromatic heterocycles. The van der Waals surface area contributed by atoms with E-state index in [1.165, 1.54) is 4.57 Å². The predicted molar refractivity (Wildman–Crippen MR) is 106 cm³/mol. The first-order chi connectivity index (χ1) is 14.2. The highest BCUT2D eigenvalue weighted by atomic mass is 16.5. The second-order valence-electron chi connectivity index (χ2n) is 6.86. The average molecular weight is 400 g/mol. The molecule has 1 fully saturated rings. The zero-order valence-electron chi connectivity index (χ0n) is 16.3. The number of carbonyl (C=O) groups excluding carboxylic acids is 1. The minimum absolute atomic E-state index is 0.174. The largest absolute Gasteiger partial charge is 0.497 e. The van der Waals surface area contributed by atoms with Crippen LogP contribution in [0.3, 0.4) is 0 Å². The van der Waals surface area contributed by atoms with Crippen LogP contribution in [0.15, 0.2) is 29.1 Å². The maximum absolute atomic E-state index is 12.8. The second-order valence-corrected chi connectivity index (χ2v) is 6.86. The normalized spacial score (nSPS) is 16.5. The van der Waals surface area contributed by atoms with Crippen molar-refractivity contribution in [2.45, 2.75) is 6.54 Å². The van der Waals surface area contributed by atoms with Crippen molar-refractivity contribution in [2.24, 2.45) is 0 Å². The van der Waals surface area contributed by atoms with Gasteiger partial charge in [0.1, 0.15) is 5.75 Å². The predicted octanol–water partition coefficient (Wildman–Crippen LogP) is -0.139. The lowest BCUT2D eigenvalue weighted by Crippen LogP contribution is -2.42. The van der Waals surface area contributed by atoms with Gasteiger partial charge in [-0.25, -0.2) is 0 Å². The van der Waals surface area contributed by atoms with Crippen molar-refractivity contribution >= 4 is 17.5 Å². The number of hydrogen-bond acceptors (Lipinski definition) is 8. The number of hydrogen-bond donors (Lipinski definition) is 1. The summed E-state index contributed by atoms with van der Waals surface area (Å²) in [6.07, 6.45) is 0. The van der Waals surface area contributed by atoms with Gasteiger partial charge in [0.2, 0.25) is 11.6 Å². The molecule has 10 nitrogen and oxygen atoms in total. The zero-order valence-corrected chi connectivity index (χ0v) is 16.3. The van der Waals surface area contributed by atoms with Crippen molar-refractivity contribution in [3.63, 3.8) is 0 Å². The molecular weight excluding hydrogens is 376 g/mol. The lowest BCUT2D eigenvalue weighted by molar-refractivity contribution is 0.0383. The fourth-order valence-corrected chi connectivity index (χ4v) is 3.50. The molecule has 1 N–H and O–H groups in total. The van der Waals surface area contributed by atoms with E-state index in [0.29, 0.717) is 45.3 Å². The number of morpholine rings is 1. The van der Waals surface area contributed by atoms with E-state index in [4.69, 9.17) is 9.47 Å². The monoisotopic (exact) mass is 400 g/mol. The standard InChI is InChI=1S/C19H24N6O4/c1-28-15-4-2-14(3-5-15)24-8-9-25-18(27)16(21-22-19(24)25)17(26)20-6-7-23-10-12-29-13-11-23/h2-5H,6-13H2,1H3,(H,20,26). The Morgan fingerprint density at radius 1 is 1.14 bits per heavy atom. The Labute approximate surface area is 168 Å². The first kappa shape index (κ1) is 19.3. The van der Waals surface area contributed by atoms with E-state index in [1.54, 1.807) is 7.11 Å². The molecule has 0 unspecified atom stereocenters. The van der Waals surface area contributed by atoms with Crippen LogP contribution in [0.4, 0.5) is 11.6 Å². The van der Waals surface area contributed by atoms with Crippen molar-refractivity contribution in [1.29, 1.82) is 0 Å². The van der Waals surface area contributed by atoms with E-state index in [9.17, 15) is 9.59 Å². The number of nitrogens with one attached hydrogen (secondary N) is 1. The minimum atomic E-state index is -0.492. The van der Waals surface area contributed by atoms with Gasteiger partial charge >= 0.3 is 0 Å². The van der Waals surface area contributed by atoms with Gasteiger partial charge in [-0.2, -0.15) is 0 Å². The molecule has 2 aromatic rings. The fraction of sp³-hybridized carbons (Fsp3) is 0.474. The molecular formula is C19H24N6O4. The molecule has 3 heterocycles. The Kier molecular flexibility index (Phi) is 5.72. The van der Waals surface area contributed by atoms with E-state index in [2.05, 4.69) is 20.4 Å². The highest BCUT2D eigenvalue weighted by molar-refractivity contribution is 5.91. The highest BCUT2D eigenvalue weighted by Crippen LogP contribution is 2.28. The summed E-state index contributed by atoms with van der Waals surface area (Å²) >= 11 is 0. The summed E-state index contributed by atoms with van der Waals surface area (Å²) < 4.78 is 12.0. The Hall–Kier alpha value is -2.98. The number of methoxy groups -OCH3 is 1. The van der Waals surface area contributed by atoms with Gasteiger partial charge in [0.05, 0.1) is 20.3 Å². The molecule has 29 heavy (non-hydrogen) atoms. The minimum Gasteiger partial charge on any atom is -0.497 e. The number of nitrogens with zero attached hydrogens (tertiary/aromatic N) is 5. The van der Waals surface area contributed by atoms with Crippen molar-refractivity contribution in [3.05, 3.63) is 40.3 Å². The summed E-state index contributed by atoms with van der Waals surface area (Å²) in [5.74, 6) is 0.694. The van der Waals surface area contributed by atoms with Crippen LogP contribution in [0.1, 0.15) is 10.5 Å². The van der Waals surface area contributed by atoms with E-state index < -0.39 is 11.5 Å². The molecule has 0 bridgehead atoms. The summed E-state index contributed by atoms with van der Waals surface area (Å²) in [6, 6.07) is 7.49. The SMILES string of the molecule is COc1ccc(N2CCn3c2nnc(C(=O)NCCN2CCOCC2)c3=O)cc1. The van der Waals surface area contributed by atoms with Crippen molar-refractivity contribution in [1.82, 2.24) is 25.0 Å². The molecule has 1 saturated heterocycles. The van der Waals surface area contributed by atoms with E-state index in [0.717, 1.165) is 24.5 Å². The number of benzene rings is 1. The van der Waals surface area contributed by atoms with Crippen molar-refractivity contribution in [2.75, 3.05) is 57.9 Å². The third kappa shape index (κ3) is 4.08. The molecule has 1 amide bonds. The molecule has 10 heteroatoms. The van der Waals surface area contributed by atoms with Crippen LogP contribution in [0.2, 0.25) is 0 Å². The van der Waals surface area contributed by atoms with Crippen LogP contribution in [-0.4, -0.2) is 78.6 Å². The van der Waals surface area contributed by atoms with E-state index in [1.807, 2.05) is 29.2 Å². The van der Waals surface area contributed by atoms with Gasteiger partial charge in [0.15, 0.2) is 0 Å². The van der Waals surface area contributed by atoms with Gasteiger partial charge in [-0.1, -0.05) is 0 Å². The summed E-state index contributed by atoms with van der Waals surface area (Å²) in [6.45, 7) is 5.28. The van der Waals surface area contributed by atoms with Crippen LogP contribution in [0.5, 0.6) is 5.75 Å². The maximum Gasteiger partial charge on any atom is 0.286 e. The Bertz CT molecular complexity index is 923. The van der Waals surface area contributed by atoms with Gasteiger partial charge in [-0.05, 0) is 24.3 Å². The van der Waals surface area contributed by atoms with Crippen LogP contribution < -0.4 is 20.5 Å². The molecule has 4 rings (SSSR count). The van der Waals surface area contributed by atoms with Crippen LogP contribution in [-0.2, 0) is 11.3 Å². The van der Waals surface area contributed by atoms with Gasteiger partial charge in [0.25, 0.3) is 11.5 Å². The molecule has 2 aliphatic heterocycles. The molecule has 0 spiro atoms. The molecule has 0 aliphatic carbocycles. The first-order valence-corrected chi connectivity index (χ1v) is 9.65. The van der Waals surface area contributed by atoms with Gasteiger partial charge in [0, 0.05) is 45.0 Å². The number of aromatic nitrogens is 3. The van der Waals surface area contributed by atoms with Crippen LogP contribution >= 0.6 is 0 Å². The third-order valence-corrected chi connectivity index (χ3v) is 5.13. The topological polar surface area (TPSA) is 102 Å². The van der Waals surface area contributed by atoms with Crippen LogP contribution in [0, 0.1) is 0 Å². The number of anilines is 2. The summed E-state index contributed by atoms with van der Waals surface area (Å²) in [7, 11) is 1.61. The average Bonchev–Trinajstić information content (AvgIpc) is 3.20. The molecule has 1 aromatic carbocycles. The Morgan fingerprint density at radius 2 is 1.90 bits per heavy atom. The van der Waals surface area contributed by atoms with Gasteiger partial charge in [-0.15, -0.1) is 10.2 Å². The smallest absolute Gasteiger partial charge is 0.286 e. The lowest BCUT2D eigenvalue weighted by Gasteiger charge is -2.26. The number of fused-ring (bicyclic) bond motifs is 1. The van der Waals surface area contributed by atoms with Crippen LogP contribution in [0.25, 0.3) is 0 Å². The number of ether oxygens (including phenoxy) is 2. The van der Waals surface area contributed by atoms with Crippen molar-refractivity contribution < 1.29 is 14.3 Å². The molecule has 0 saturated carbocycles. The first-order valence-electron chi connectivity index (χ1n) is 9.65. The molecule has 0 radical (unpaired) electrons. The quantitative estimate of drug-likeness (QED) is 0.715. The lowest BCUT2D eigenvalue weighted by atomic mass is 10.3. The summed E-state index contributed by atoms with van der Waals surface area (Å²) in [5, 5.41) is 10.9. The molecule has 154 valence electrons. The number of amides is 1. The van der Waals surface area contributed by atoms with E-state index in [-0.39, 0.29) is 5.69 Å². The Morgan fingerprint density at radius 3 is 2.62 bits per heavy atom. The Balaban J connectivity index is 1.44. The highest BCUT2D eigenvalue weighted by Gasteiger charge is 2.27. The summed E-state index contributed by atoms with van der Waals surface area (Å²) in [4.78, 5) is 29.3. The number of rotatable bonds is 6. The molecule has 0 atom stereocenters. The molecule has 2 aliphatic rings. The van der Waals surface area contributed by atoms with E-state index >= 15 is 0 Å². The zero-order chi connectivity index (χ0) is 20.2. The van der Waals surface area contributed by atoms with Crippen molar-refractivity contribution in [3.8, 4) is 5.75 Å². The second kappa shape index (κ2) is 8.58. The summed E-state index contributed by atoms with van der Waals surface area (Å²) in [5.41, 5.74) is 0.288. The maximum atomic E-state index is 12.8.